The molecule has 0 radical (unpaired) electrons. The first kappa shape index (κ1) is 11.9. The van der Waals surface area contributed by atoms with Gasteiger partial charge < -0.3 is 0 Å². The van der Waals surface area contributed by atoms with E-state index in [0.29, 0.717) is 0 Å². The molecular weight excluding hydrogens is 304 g/mol. The van der Waals surface area contributed by atoms with Crippen LogP contribution in [0.1, 0.15) is 4.88 Å². The van der Waals surface area contributed by atoms with E-state index in [1.807, 2.05) is 24.3 Å². The van der Waals surface area contributed by atoms with E-state index in [4.69, 9.17) is 11.6 Å². The van der Waals surface area contributed by atoms with E-state index < -0.39 is 0 Å². The predicted molar refractivity (Wildman–Crippen MR) is 77.6 cm³/mol. The molecule has 0 fully saturated rings. The summed E-state index contributed by atoms with van der Waals surface area (Å²) in [7, 11) is 0. The van der Waals surface area contributed by atoms with Gasteiger partial charge in [0.1, 0.15) is 0 Å². The zero-order valence-corrected chi connectivity index (χ0v) is 11.6. The van der Waals surface area contributed by atoms with E-state index in [2.05, 4.69) is 40.2 Å². The van der Waals surface area contributed by atoms with E-state index in [-0.39, 0.29) is 0 Å². The van der Waals surface area contributed by atoms with Gasteiger partial charge in [-0.2, -0.15) is 0 Å². The van der Waals surface area contributed by atoms with Gasteiger partial charge in [-0.05, 0) is 24.3 Å². The van der Waals surface area contributed by atoms with Gasteiger partial charge in [0.15, 0.2) is 0 Å². The third-order valence-electron chi connectivity index (χ3n) is 2.14. The van der Waals surface area contributed by atoms with Crippen LogP contribution in [-0.2, 0) is 0 Å². The quantitative estimate of drug-likeness (QED) is 0.658. The third-order valence-corrected chi connectivity index (χ3v) is 3.92. The monoisotopic (exact) mass is 312 g/mol. The Hall–Kier alpha value is -0.570. The molecule has 1 aromatic heterocycles. The molecule has 1 heterocycles. The SMILES string of the molecule is Clc1ccccc1-c1ccc(C=CCBr)s1. The van der Waals surface area contributed by atoms with Crippen molar-refractivity contribution in [2.45, 2.75) is 0 Å². The summed E-state index contributed by atoms with van der Waals surface area (Å²) in [6, 6.07) is 12.2. The zero-order valence-electron chi connectivity index (χ0n) is 8.49. The number of alkyl halides is 1. The van der Waals surface area contributed by atoms with Crippen LogP contribution in [0.5, 0.6) is 0 Å². The second-order valence-corrected chi connectivity index (χ2v) is 5.41. The first-order chi connectivity index (χ1) is 7.81. The van der Waals surface area contributed by atoms with Gasteiger partial charge in [-0.1, -0.05) is 51.8 Å². The first-order valence-electron chi connectivity index (χ1n) is 4.88. The second-order valence-electron chi connectivity index (χ2n) is 3.24. The number of halogens is 2. The molecular formula is C13H10BrClS. The van der Waals surface area contributed by atoms with Gasteiger partial charge in [-0.15, -0.1) is 11.3 Å². The van der Waals surface area contributed by atoms with Crippen LogP contribution in [0.4, 0.5) is 0 Å². The van der Waals surface area contributed by atoms with E-state index in [1.54, 1.807) is 11.3 Å². The van der Waals surface area contributed by atoms with Gasteiger partial charge in [0, 0.05) is 25.7 Å². The molecule has 0 bridgehead atoms. The molecule has 0 saturated carbocycles. The largest absolute Gasteiger partial charge is 0.136 e. The van der Waals surface area contributed by atoms with E-state index in [1.165, 1.54) is 9.75 Å². The van der Waals surface area contributed by atoms with E-state index in [0.717, 1.165) is 15.9 Å². The molecule has 2 rings (SSSR count). The number of rotatable bonds is 3. The lowest BCUT2D eigenvalue weighted by Crippen LogP contribution is -1.72. The van der Waals surface area contributed by atoms with Gasteiger partial charge in [-0.3, -0.25) is 0 Å². The molecule has 0 saturated heterocycles. The molecule has 0 unspecified atom stereocenters. The van der Waals surface area contributed by atoms with Crippen molar-refractivity contribution in [3.8, 4) is 10.4 Å². The normalized spacial score (nSPS) is 11.1. The Morgan fingerprint density at radius 1 is 1.19 bits per heavy atom. The minimum atomic E-state index is 0.806. The predicted octanol–water partition coefficient (Wildman–Crippen LogP) is 5.48. The Kier molecular flexibility index (Phi) is 4.22. The standard InChI is InChI=1S/C13H10BrClS/c14-9-3-4-10-7-8-13(16-10)11-5-1-2-6-12(11)15/h1-8H,9H2. The fraction of sp³-hybridized carbons (Fsp3) is 0.0769. The molecule has 0 aliphatic heterocycles. The lowest BCUT2D eigenvalue weighted by atomic mass is 10.2. The number of thiophene rings is 1. The molecule has 0 spiro atoms. The second kappa shape index (κ2) is 5.67. The van der Waals surface area contributed by atoms with Gasteiger partial charge in [0.25, 0.3) is 0 Å². The Labute approximate surface area is 113 Å². The van der Waals surface area contributed by atoms with Crippen LogP contribution in [0.25, 0.3) is 16.5 Å². The Bertz CT molecular complexity index is 502. The maximum Gasteiger partial charge on any atom is 0.0492 e. The van der Waals surface area contributed by atoms with Crippen LogP contribution in [0, 0.1) is 0 Å². The maximum absolute atomic E-state index is 6.15. The molecule has 0 nitrogen and oxygen atoms in total. The number of allylic oxidation sites excluding steroid dienone is 1. The van der Waals surface area contributed by atoms with Gasteiger partial charge in [0.05, 0.1) is 0 Å². The highest BCUT2D eigenvalue weighted by Gasteiger charge is 2.04. The molecule has 0 aliphatic rings. The lowest BCUT2D eigenvalue weighted by Gasteiger charge is -1.99. The summed E-state index contributed by atoms with van der Waals surface area (Å²) >= 11 is 11.3. The zero-order chi connectivity index (χ0) is 11.4. The highest BCUT2D eigenvalue weighted by atomic mass is 79.9. The summed E-state index contributed by atoms with van der Waals surface area (Å²) in [4.78, 5) is 2.45. The summed E-state index contributed by atoms with van der Waals surface area (Å²) in [6.07, 6.45) is 4.20. The van der Waals surface area contributed by atoms with E-state index in [9.17, 15) is 0 Å². The van der Waals surface area contributed by atoms with Gasteiger partial charge >= 0.3 is 0 Å². The van der Waals surface area contributed by atoms with Crippen molar-refractivity contribution < 1.29 is 0 Å². The summed E-state index contributed by atoms with van der Waals surface area (Å²) in [5, 5.41) is 1.69. The summed E-state index contributed by atoms with van der Waals surface area (Å²) in [6.45, 7) is 0. The maximum atomic E-state index is 6.15. The van der Waals surface area contributed by atoms with Crippen LogP contribution >= 0.6 is 38.9 Å². The van der Waals surface area contributed by atoms with Crippen molar-refractivity contribution in [3.05, 3.63) is 52.4 Å². The third kappa shape index (κ3) is 2.76. The number of benzene rings is 1. The van der Waals surface area contributed by atoms with Gasteiger partial charge in [0.2, 0.25) is 0 Å². The number of hydrogen-bond acceptors (Lipinski definition) is 1. The molecule has 0 amide bonds. The van der Waals surface area contributed by atoms with Crippen LogP contribution in [0.3, 0.4) is 0 Å². The molecule has 0 N–H and O–H groups in total. The number of hydrogen-bond donors (Lipinski definition) is 0. The highest BCUT2D eigenvalue weighted by Crippen LogP contribution is 2.33. The summed E-state index contributed by atoms with van der Waals surface area (Å²) < 4.78 is 0. The molecule has 2 aromatic rings. The van der Waals surface area contributed by atoms with Crippen LogP contribution in [0.2, 0.25) is 5.02 Å². The minimum absolute atomic E-state index is 0.806. The smallest absolute Gasteiger partial charge is 0.0492 e. The summed E-state index contributed by atoms with van der Waals surface area (Å²) in [5.74, 6) is 0. The van der Waals surface area contributed by atoms with Crippen LogP contribution in [-0.4, -0.2) is 5.33 Å². The highest BCUT2D eigenvalue weighted by molar-refractivity contribution is 9.09. The molecule has 16 heavy (non-hydrogen) atoms. The van der Waals surface area contributed by atoms with Crippen molar-refractivity contribution in [2.75, 3.05) is 5.33 Å². The average molecular weight is 314 g/mol. The Balaban J connectivity index is 2.32. The average Bonchev–Trinajstić information content (AvgIpc) is 2.75. The van der Waals surface area contributed by atoms with Crippen molar-refractivity contribution in [1.29, 1.82) is 0 Å². The fourth-order valence-electron chi connectivity index (χ4n) is 1.41. The van der Waals surface area contributed by atoms with Crippen LogP contribution in [0.15, 0.2) is 42.5 Å². The minimum Gasteiger partial charge on any atom is -0.136 e. The molecule has 3 heteroatoms. The van der Waals surface area contributed by atoms with Crippen molar-refractivity contribution in [2.24, 2.45) is 0 Å². The first-order valence-corrected chi connectivity index (χ1v) is 7.20. The van der Waals surface area contributed by atoms with Crippen molar-refractivity contribution in [3.63, 3.8) is 0 Å². The molecule has 1 aromatic carbocycles. The lowest BCUT2D eigenvalue weighted by molar-refractivity contribution is 1.70. The summed E-state index contributed by atoms with van der Waals surface area (Å²) in [5.41, 5.74) is 1.10. The molecule has 82 valence electrons. The molecule has 0 atom stereocenters. The fourth-order valence-corrected chi connectivity index (χ4v) is 2.87. The van der Waals surface area contributed by atoms with Crippen LogP contribution < -0.4 is 0 Å². The van der Waals surface area contributed by atoms with E-state index >= 15 is 0 Å². The van der Waals surface area contributed by atoms with Crippen molar-refractivity contribution >= 4 is 44.9 Å². The topological polar surface area (TPSA) is 0 Å². The van der Waals surface area contributed by atoms with Gasteiger partial charge in [-0.25, -0.2) is 0 Å². The Morgan fingerprint density at radius 3 is 2.75 bits per heavy atom. The van der Waals surface area contributed by atoms with Crippen molar-refractivity contribution in [1.82, 2.24) is 0 Å². The Morgan fingerprint density at radius 2 is 2.00 bits per heavy atom. The molecule has 0 aliphatic carbocycles.